The van der Waals surface area contributed by atoms with Gasteiger partial charge in [-0.3, -0.25) is 9.48 Å². The number of methoxy groups -OCH3 is 1. The van der Waals surface area contributed by atoms with E-state index in [1.54, 1.807) is 11.8 Å². The molecule has 0 unspecified atom stereocenters. The molecule has 0 saturated carbocycles. The Morgan fingerprint density at radius 1 is 1.56 bits per heavy atom. The van der Waals surface area contributed by atoms with E-state index in [2.05, 4.69) is 10.1 Å². The molecule has 0 fully saturated rings. The van der Waals surface area contributed by atoms with Crippen LogP contribution in [0.2, 0.25) is 0 Å². The highest BCUT2D eigenvalue weighted by molar-refractivity contribution is 5.72. The smallest absolute Gasteiger partial charge is 0.320 e. The van der Waals surface area contributed by atoms with Crippen LogP contribution in [0.1, 0.15) is 25.0 Å². The molecule has 0 bridgehead atoms. The summed E-state index contributed by atoms with van der Waals surface area (Å²) in [5.41, 5.74) is 5.47. The van der Waals surface area contributed by atoms with Gasteiger partial charge in [0, 0.05) is 26.5 Å². The molecule has 1 atom stereocenters. The summed E-state index contributed by atoms with van der Waals surface area (Å²) < 4.78 is 6.75. The maximum absolute atomic E-state index is 10.6. The van der Waals surface area contributed by atoms with E-state index in [-0.39, 0.29) is 0 Å². The average Bonchev–Trinajstić information content (AvgIpc) is 2.75. The van der Waals surface area contributed by atoms with E-state index in [1.807, 2.05) is 6.92 Å². The Balaban J connectivity index is 2.63. The number of nitrogens with zero attached hydrogens (tertiary/aromatic N) is 3. The first-order valence-electron chi connectivity index (χ1n) is 5.98. The molecule has 1 aromatic rings. The van der Waals surface area contributed by atoms with Crippen LogP contribution >= 0.6 is 0 Å². The van der Waals surface area contributed by atoms with Gasteiger partial charge in [-0.2, -0.15) is 5.10 Å². The number of carboxylic acid groups (broad SMARTS) is 1. The molecule has 102 valence electrons. The van der Waals surface area contributed by atoms with E-state index in [0.717, 1.165) is 11.6 Å². The molecule has 1 rings (SSSR count). The van der Waals surface area contributed by atoms with Gasteiger partial charge in [-0.05, 0) is 13.3 Å². The Bertz CT molecular complexity index is 392. The summed E-state index contributed by atoms with van der Waals surface area (Å²) in [5.74, 6) is 0.509. The summed E-state index contributed by atoms with van der Waals surface area (Å²) in [4.78, 5) is 15.0. The van der Waals surface area contributed by atoms with Crippen molar-refractivity contribution < 1.29 is 14.6 Å². The number of aromatic nitrogens is 3. The van der Waals surface area contributed by atoms with Crippen LogP contribution in [0.4, 0.5) is 0 Å². The monoisotopic (exact) mass is 256 g/mol. The fourth-order valence-electron chi connectivity index (χ4n) is 1.57. The zero-order valence-electron chi connectivity index (χ0n) is 10.8. The van der Waals surface area contributed by atoms with Gasteiger partial charge in [0.05, 0.1) is 6.61 Å². The van der Waals surface area contributed by atoms with Crippen molar-refractivity contribution in [3.8, 4) is 0 Å². The predicted octanol–water partition coefficient (Wildman–Crippen LogP) is -0.169. The molecule has 3 N–H and O–H groups in total. The standard InChI is InChI=1S/C11H20N4O3/c1-3-15-10(5-4-8(12)11(16)17)13-9(14-15)6-7-18-2/h8H,3-7,12H2,1-2H3,(H,16,17)/t8-/m0/s1. The van der Waals surface area contributed by atoms with E-state index >= 15 is 0 Å². The van der Waals surface area contributed by atoms with Crippen molar-refractivity contribution in [2.24, 2.45) is 5.73 Å². The normalized spacial score (nSPS) is 12.6. The van der Waals surface area contributed by atoms with Gasteiger partial charge in [0.25, 0.3) is 0 Å². The minimum atomic E-state index is -0.989. The van der Waals surface area contributed by atoms with Crippen LogP contribution in [0.25, 0.3) is 0 Å². The molecule has 0 aliphatic carbocycles. The number of aryl methyl sites for hydroxylation is 2. The number of hydrogen-bond donors (Lipinski definition) is 2. The van der Waals surface area contributed by atoms with Crippen molar-refractivity contribution in [2.45, 2.75) is 38.8 Å². The molecular formula is C11H20N4O3. The zero-order chi connectivity index (χ0) is 13.5. The number of ether oxygens (including phenoxy) is 1. The summed E-state index contributed by atoms with van der Waals surface area (Å²) >= 11 is 0. The third kappa shape index (κ3) is 4.08. The van der Waals surface area contributed by atoms with Crippen molar-refractivity contribution >= 4 is 5.97 Å². The highest BCUT2D eigenvalue weighted by Crippen LogP contribution is 2.05. The van der Waals surface area contributed by atoms with Gasteiger partial charge in [0.2, 0.25) is 0 Å². The molecule has 0 aromatic carbocycles. The van der Waals surface area contributed by atoms with Crippen LogP contribution in [-0.4, -0.2) is 45.6 Å². The molecule has 1 aromatic heterocycles. The Labute approximate surface area is 106 Å². The molecule has 18 heavy (non-hydrogen) atoms. The second-order valence-electron chi connectivity index (χ2n) is 3.99. The first-order chi connectivity index (χ1) is 8.58. The number of nitrogens with two attached hydrogens (primary N) is 1. The van der Waals surface area contributed by atoms with Crippen LogP contribution in [0.3, 0.4) is 0 Å². The Hall–Kier alpha value is -1.47. The molecule has 7 nitrogen and oxygen atoms in total. The van der Waals surface area contributed by atoms with Crippen molar-refractivity contribution in [2.75, 3.05) is 13.7 Å². The van der Waals surface area contributed by atoms with Gasteiger partial charge in [-0.1, -0.05) is 0 Å². The molecular weight excluding hydrogens is 236 g/mol. The van der Waals surface area contributed by atoms with E-state index in [0.29, 0.717) is 32.4 Å². The lowest BCUT2D eigenvalue weighted by Crippen LogP contribution is -2.30. The first-order valence-corrected chi connectivity index (χ1v) is 5.98. The van der Waals surface area contributed by atoms with Crippen molar-refractivity contribution in [1.29, 1.82) is 0 Å². The lowest BCUT2D eigenvalue weighted by atomic mass is 10.1. The number of hydrogen-bond acceptors (Lipinski definition) is 5. The van der Waals surface area contributed by atoms with Gasteiger partial charge in [-0.15, -0.1) is 0 Å². The van der Waals surface area contributed by atoms with E-state index in [4.69, 9.17) is 15.6 Å². The minimum Gasteiger partial charge on any atom is -0.480 e. The largest absolute Gasteiger partial charge is 0.480 e. The first kappa shape index (κ1) is 14.6. The van der Waals surface area contributed by atoms with Crippen LogP contribution in [-0.2, 0) is 28.9 Å². The summed E-state index contributed by atoms with van der Waals surface area (Å²) in [7, 11) is 1.63. The third-order valence-corrected chi connectivity index (χ3v) is 2.62. The second kappa shape index (κ2) is 7.07. The molecule has 0 aliphatic heterocycles. The Kier molecular flexibility index (Phi) is 5.73. The molecule has 0 radical (unpaired) electrons. The molecule has 1 heterocycles. The lowest BCUT2D eigenvalue weighted by molar-refractivity contribution is -0.138. The Morgan fingerprint density at radius 3 is 2.83 bits per heavy atom. The van der Waals surface area contributed by atoms with Crippen molar-refractivity contribution in [1.82, 2.24) is 14.8 Å². The van der Waals surface area contributed by atoms with Crippen LogP contribution < -0.4 is 5.73 Å². The van der Waals surface area contributed by atoms with E-state index < -0.39 is 12.0 Å². The van der Waals surface area contributed by atoms with Gasteiger partial charge in [-0.25, -0.2) is 4.98 Å². The number of rotatable bonds is 8. The van der Waals surface area contributed by atoms with Gasteiger partial charge in [0.15, 0.2) is 5.82 Å². The maximum atomic E-state index is 10.6. The summed E-state index contributed by atoms with van der Waals surface area (Å²) in [6, 6.07) is -0.852. The maximum Gasteiger partial charge on any atom is 0.320 e. The minimum absolute atomic E-state index is 0.359. The van der Waals surface area contributed by atoms with Gasteiger partial charge < -0.3 is 15.6 Å². The number of carbonyl (C=O) groups is 1. The Morgan fingerprint density at radius 2 is 2.28 bits per heavy atom. The van der Waals surface area contributed by atoms with Crippen LogP contribution in [0, 0.1) is 0 Å². The third-order valence-electron chi connectivity index (χ3n) is 2.62. The number of aliphatic carboxylic acids is 1. The molecule has 0 aliphatic rings. The van der Waals surface area contributed by atoms with E-state index in [9.17, 15) is 4.79 Å². The quantitative estimate of drug-likeness (QED) is 0.669. The van der Waals surface area contributed by atoms with E-state index in [1.165, 1.54) is 0 Å². The molecule has 0 spiro atoms. The highest BCUT2D eigenvalue weighted by atomic mass is 16.5. The summed E-state index contributed by atoms with van der Waals surface area (Å²) in [6.45, 7) is 3.24. The molecule has 7 heteroatoms. The topological polar surface area (TPSA) is 103 Å². The zero-order valence-corrected chi connectivity index (χ0v) is 10.8. The lowest BCUT2D eigenvalue weighted by Gasteiger charge is -2.05. The van der Waals surface area contributed by atoms with Crippen LogP contribution in [0.5, 0.6) is 0 Å². The average molecular weight is 256 g/mol. The van der Waals surface area contributed by atoms with Gasteiger partial charge in [0.1, 0.15) is 11.9 Å². The summed E-state index contributed by atoms with van der Waals surface area (Å²) in [6.07, 6.45) is 1.53. The van der Waals surface area contributed by atoms with Crippen molar-refractivity contribution in [3.63, 3.8) is 0 Å². The fourth-order valence-corrected chi connectivity index (χ4v) is 1.57. The number of carboxylic acids is 1. The molecule has 0 saturated heterocycles. The van der Waals surface area contributed by atoms with Crippen LogP contribution in [0.15, 0.2) is 0 Å². The van der Waals surface area contributed by atoms with Gasteiger partial charge >= 0.3 is 5.97 Å². The summed E-state index contributed by atoms with van der Waals surface area (Å²) in [5, 5.41) is 13.0. The second-order valence-corrected chi connectivity index (χ2v) is 3.99. The predicted molar refractivity (Wildman–Crippen MR) is 65.2 cm³/mol. The highest BCUT2D eigenvalue weighted by Gasteiger charge is 2.14. The SMILES string of the molecule is CCn1nc(CCOC)nc1CC[C@H](N)C(=O)O. The van der Waals surface area contributed by atoms with Crippen molar-refractivity contribution in [3.05, 3.63) is 11.6 Å². The fraction of sp³-hybridized carbons (Fsp3) is 0.727. The molecule has 0 amide bonds.